The van der Waals surface area contributed by atoms with Crippen LogP contribution in [0.15, 0.2) is 12.5 Å². The minimum Gasteiger partial charge on any atom is -0.457 e. The highest BCUT2D eigenvalue weighted by atomic mass is 16.7. The predicted molar refractivity (Wildman–Crippen MR) is 38.0 cm³/mol. The zero-order valence-corrected chi connectivity index (χ0v) is 6.33. The smallest absolute Gasteiger partial charge is 0.248 e. The third-order valence-electron chi connectivity index (χ3n) is 1.38. The highest BCUT2D eigenvalue weighted by Crippen LogP contribution is 2.23. The average Bonchev–Trinajstić information content (AvgIpc) is 2.12. The van der Waals surface area contributed by atoms with Gasteiger partial charge in [0.05, 0.1) is 0 Å². The van der Waals surface area contributed by atoms with Crippen LogP contribution in [0.5, 0.6) is 0 Å². The summed E-state index contributed by atoms with van der Waals surface area (Å²) >= 11 is 0. The van der Waals surface area contributed by atoms with Gasteiger partial charge in [-0.15, -0.1) is 0 Å². The number of rotatable bonds is 2. The Morgan fingerprint density at radius 2 is 2.00 bits per heavy atom. The van der Waals surface area contributed by atoms with Crippen molar-refractivity contribution in [3.8, 4) is 0 Å². The van der Waals surface area contributed by atoms with Crippen molar-refractivity contribution in [2.45, 2.75) is 32.1 Å². The van der Waals surface area contributed by atoms with Crippen molar-refractivity contribution >= 4 is 0 Å². The first-order chi connectivity index (χ1) is 4.62. The molecule has 0 aromatic heterocycles. The maximum Gasteiger partial charge on any atom is 0.248 e. The summed E-state index contributed by atoms with van der Waals surface area (Å²) < 4.78 is 10.3. The second kappa shape index (κ2) is 2.50. The normalized spacial score (nSPS) is 23.5. The molecular formula is C7H13NO2. The topological polar surface area (TPSA) is 44.5 Å². The summed E-state index contributed by atoms with van der Waals surface area (Å²) in [7, 11) is 0. The van der Waals surface area contributed by atoms with E-state index < -0.39 is 5.79 Å². The van der Waals surface area contributed by atoms with E-state index in [1.54, 1.807) is 12.5 Å². The molecule has 0 saturated heterocycles. The molecule has 58 valence electrons. The van der Waals surface area contributed by atoms with Gasteiger partial charge in [-0.25, -0.2) is 0 Å². The lowest BCUT2D eigenvalue weighted by Gasteiger charge is -2.24. The van der Waals surface area contributed by atoms with Crippen LogP contribution in [0.25, 0.3) is 0 Å². The minimum absolute atomic E-state index is 0.102. The fourth-order valence-electron chi connectivity index (χ4n) is 1.05. The largest absolute Gasteiger partial charge is 0.457 e. The van der Waals surface area contributed by atoms with Crippen molar-refractivity contribution in [2.75, 3.05) is 0 Å². The molecule has 0 saturated carbocycles. The summed E-state index contributed by atoms with van der Waals surface area (Å²) in [4.78, 5) is 0. The van der Waals surface area contributed by atoms with Crippen molar-refractivity contribution in [1.82, 2.24) is 0 Å². The molecule has 2 N–H and O–H groups in total. The lowest BCUT2D eigenvalue weighted by Crippen LogP contribution is -2.33. The Hall–Kier alpha value is -0.700. The SMILES string of the molecule is CC(N)CC1(C)OC=CO1. The molecule has 1 aliphatic heterocycles. The third-order valence-corrected chi connectivity index (χ3v) is 1.38. The molecule has 0 aliphatic carbocycles. The Labute approximate surface area is 60.8 Å². The Kier molecular flexibility index (Phi) is 1.85. The molecule has 10 heavy (non-hydrogen) atoms. The van der Waals surface area contributed by atoms with Crippen LogP contribution in [-0.2, 0) is 9.47 Å². The Bertz CT molecular complexity index is 135. The van der Waals surface area contributed by atoms with Gasteiger partial charge in [0.2, 0.25) is 5.79 Å². The van der Waals surface area contributed by atoms with E-state index in [-0.39, 0.29) is 6.04 Å². The average molecular weight is 143 g/mol. The van der Waals surface area contributed by atoms with Gasteiger partial charge < -0.3 is 15.2 Å². The molecule has 0 fully saturated rings. The summed E-state index contributed by atoms with van der Waals surface area (Å²) in [6.45, 7) is 3.80. The molecule has 3 heteroatoms. The molecule has 0 aromatic rings. The summed E-state index contributed by atoms with van der Waals surface area (Å²) in [6, 6.07) is 0.102. The van der Waals surface area contributed by atoms with Gasteiger partial charge in [0.25, 0.3) is 0 Å². The zero-order valence-electron chi connectivity index (χ0n) is 6.33. The van der Waals surface area contributed by atoms with E-state index in [0.29, 0.717) is 6.42 Å². The van der Waals surface area contributed by atoms with E-state index in [1.165, 1.54) is 0 Å². The predicted octanol–water partition coefficient (Wildman–Crippen LogP) is 0.958. The van der Waals surface area contributed by atoms with Crippen LogP contribution in [-0.4, -0.2) is 11.8 Å². The molecule has 1 aliphatic rings. The summed E-state index contributed by atoms with van der Waals surface area (Å²) in [5.74, 6) is -0.520. The lowest BCUT2D eigenvalue weighted by molar-refractivity contribution is -0.133. The van der Waals surface area contributed by atoms with E-state index in [0.717, 1.165) is 0 Å². The van der Waals surface area contributed by atoms with Gasteiger partial charge in [0.1, 0.15) is 12.5 Å². The molecule has 0 spiro atoms. The first-order valence-electron chi connectivity index (χ1n) is 3.39. The van der Waals surface area contributed by atoms with Gasteiger partial charge in [-0.2, -0.15) is 0 Å². The quantitative estimate of drug-likeness (QED) is 0.626. The maximum absolute atomic E-state index is 5.57. The van der Waals surface area contributed by atoms with E-state index >= 15 is 0 Å². The van der Waals surface area contributed by atoms with Crippen molar-refractivity contribution < 1.29 is 9.47 Å². The van der Waals surface area contributed by atoms with Crippen LogP contribution < -0.4 is 5.73 Å². The summed E-state index contributed by atoms with van der Waals surface area (Å²) in [6.07, 6.45) is 3.80. The number of nitrogens with two attached hydrogens (primary N) is 1. The van der Waals surface area contributed by atoms with Gasteiger partial charge in [-0.05, 0) is 6.92 Å². The van der Waals surface area contributed by atoms with Gasteiger partial charge in [-0.3, -0.25) is 0 Å². The summed E-state index contributed by atoms with van der Waals surface area (Å²) in [5.41, 5.74) is 5.57. The summed E-state index contributed by atoms with van der Waals surface area (Å²) in [5, 5.41) is 0. The number of ether oxygens (including phenoxy) is 2. The van der Waals surface area contributed by atoms with Crippen molar-refractivity contribution in [3.05, 3.63) is 12.5 Å². The first kappa shape index (κ1) is 7.41. The Morgan fingerprint density at radius 3 is 2.40 bits per heavy atom. The van der Waals surface area contributed by atoms with Gasteiger partial charge in [-0.1, -0.05) is 0 Å². The second-order valence-corrected chi connectivity index (χ2v) is 2.82. The van der Waals surface area contributed by atoms with Gasteiger partial charge in [0.15, 0.2) is 0 Å². The van der Waals surface area contributed by atoms with Crippen LogP contribution in [0.3, 0.4) is 0 Å². The zero-order chi connectivity index (χ0) is 7.61. The van der Waals surface area contributed by atoms with Crippen LogP contribution in [0.4, 0.5) is 0 Å². The minimum atomic E-state index is -0.520. The van der Waals surface area contributed by atoms with E-state index in [9.17, 15) is 0 Å². The standard InChI is InChI=1S/C7H13NO2/c1-6(8)5-7(2)9-3-4-10-7/h3-4,6H,5,8H2,1-2H3. The maximum atomic E-state index is 5.57. The van der Waals surface area contributed by atoms with E-state index in [4.69, 9.17) is 15.2 Å². The first-order valence-corrected chi connectivity index (χ1v) is 3.39. The van der Waals surface area contributed by atoms with E-state index in [2.05, 4.69) is 0 Å². The van der Waals surface area contributed by atoms with E-state index in [1.807, 2.05) is 13.8 Å². The van der Waals surface area contributed by atoms with Crippen molar-refractivity contribution in [3.63, 3.8) is 0 Å². The molecule has 0 aromatic carbocycles. The van der Waals surface area contributed by atoms with Crippen molar-refractivity contribution in [1.29, 1.82) is 0 Å². The molecule has 0 amide bonds. The second-order valence-electron chi connectivity index (χ2n) is 2.82. The fraction of sp³-hybridized carbons (Fsp3) is 0.714. The van der Waals surface area contributed by atoms with Crippen LogP contribution in [0.2, 0.25) is 0 Å². The monoisotopic (exact) mass is 143 g/mol. The molecular weight excluding hydrogens is 130 g/mol. The van der Waals surface area contributed by atoms with Gasteiger partial charge >= 0.3 is 0 Å². The third kappa shape index (κ3) is 1.64. The molecule has 3 nitrogen and oxygen atoms in total. The Balaban J connectivity index is 2.38. The van der Waals surface area contributed by atoms with Crippen LogP contribution in [0, 0.1) is 0 Å². The van der Waals surface area contributed by atoms with Gasteiger partial charge in [0, 0.05) is 19.4 Å². The Morgan fingerprint density at radius 1 is 1.50 bits per heavy atom. The highest BCUT2D eigenvalue weighted by molar-refractivity contribution is 4.82. The molecule has 0 bridgehead atoms. The number of hydrogen-bond donors (Lipinski definition) is 1. The van der Waals surface area contributed by atoms with Crippen LogP contribution in [0.1, 0.15) is 20.3 Å². The van der Waals surface area contributed by atoms with Crippen molar-refractivity contribution in [2.24, 2.45) is 5.73 Å². The molecule has 1 atom stereocenters. The molecule has 1 unspecified atom stereocenters. The van der Waals surface area contributed by atoms with Crippen LogP contribution >= 0.6 is 0 Å². The molecule has 1 heterocycles. The highest BCUT2D eigenvalue weighted by Gasteiger charge is 2.30. The lowest BCUT2D eigenvalue weighted by atomic mass is 10.1. The number of hydrogen-bond acceptors (Lipinski definition) is 3. The fourth-order valence-corrected chi connectivity index (χ4v) is 1.05. The molecule has 1 rings (SSSR count). The molecule has 0 radical (unpaired) electrons.